The van der Waals surface area contributed by atoms with Crippen LogP contribution in [0.1, 0.15) is 13.3 Å². The molecule has 0 aromatic heterocycles. The SMILES string of the molecule is CC1CCSC(NN(C)C)=N1. The van der Waals surface area contributed by atoms with Gasteiger partial charge in [0.25, 0.3) is 0 Å². The zero-order valence-corrected chi connectivity index (χ0v) is 8.11. The molecule has 4 heteroatoms. The van der Waals surface area contributed by atoms with Crippen LogP contribution in [0.25, 0.3) is 0 Å². The normalized spacial score (nSPS) is 25.1. The second kappa shape index (κ2) is 3.97. The van der Waals surface area contributed by atoms with Crippen LogP contribution in [0.15, 0.2) is 4.99 Å². The van der Waals surface area contributed by atoms with E-state index in [2.05, 4.69) is 17.3 Å². The van der Waals surface area contributed by atoms with E-state index in [1.165, 1.54) is 12.2 Å². The molecule has 0 saturated carbocycles. The quantitative estimate of drug-likeness (QED) is 0.598. The Morgan fingerprint density at radius 1 is 1.64 bits per heavy atom. The average molecular weight is 173 g/mol. The lowest BCUT2D eigenvalue weighted by Gasteiger charge is -2.20. The Kier molecular flexibility index (Phi) is 3.20. The fraction of sp³-hybridized carbons (Fsp3) is 0.857. The first-order valence-electron chi connectivity index (χ1n) is 3.83. The number of nitrogens with one attached hydrogen (secondary N) is 1. The van der Waals surface area contributed by atoms with Crippen molar-refractivity contribution < 1.29 is 0 Å². The Labute approximate surface area is 72.2 Å². The third kappa shape index (κ3) is 3.12. The van der Waals surface area contributed by atoms with E-state index in [0.717, 1.165) is 5.17 Å². The van der Waals surface area contributed by atoms with Gasteiger partial charge in [-0.1, -0.05) is 11.8 Å². The molecule has 1 unspecified atom stereocenters. The van der Waals surface area contributed by atoms with Gasteiger partial charge in [-0.2, -0.15) is 0 Å². The van der Waals surface area contributed by atoms with E-state index in [1.54, 1.807) is 11.8 Å². The third-order valence-electron chi connectivity index (χ3n) is 1.43. The van der Waals surface area contributed by atoms with Gasteiger partial charge in [-0.15, -0.1) is 0 Å². The lowest BCUT2D eigenvalue weighted by Crippen LogP contribution is -2.36. The molecule has 64 valence electrons. The van der Waals surface area contributed by atoms with Crippen molar-refractivity contribution in [3.05, 3.63) is 0 Å². The topological polar surface area (TPSA) is 27.6 Å². The van der Waals surface area contributed by atoms with E-state index in [4.69, 9.17) is 0 Å². The fourth-order valence-corrected chi connectivity index (χ4v) is 2.03. The number of nitrogens with zero attached hydrogens (tertiary/aromatic N) is 2. The standard InChI is InChI=1S/C7H15N3S/c1-6-4-5-11-7(8-6)9-10(2)3/h6H,4-5H2,1-3H3,(H,8,9). The third-order valence-corrected chi connectivity index (χ3v) is 2.34. The van der Waals surface area contributed by atoms with Crippen LogP contribution in [0.5, 0.6) is 0 Å². The highest BCUT2D eigenvalue weighted by Gasteiger charge is 2.10. The van der Waals surface area contributed by atoms with Crippen molar-refractivity contribution in [1.82, 2.24) is 10.4 Å². The van der Waals surface area contributed by atoms with E-state index in [1.807, 2.05) is 19.1 Å². The van der Waals surface area contributed by atoms with Crippen molar-refractivity contribution in [1.29, 1.82) is 0 Å². The van der Waals surface area contributed by atoms with E-state index in [0.29, 0.717) is 6.04 Å². The van der Waals surface area contributed by atoms with Crippen LogP contribution in [0.4, 0.5) is 0 Å². The first-order valence-corrected chi connectivity index (χ1v) is 4.81. The van der Waals surface area contributed by atoms with Gasteiger partial charge in [-0.05, 0) is 13.3 Å². The number of aliphatic imine (C=N–C) groups is 1. The molecule has 0 aliphatic carbocycles. The van der Waals surface area contributed by atoms with Crippen molar-refractivity contribution >= 4 is 16.9 Å². The number of hydrogen-bond donors (Lipinski definition) is 1. The lowest BCUT2D eigenvalue weighted by molar-refractivity contribution is 0.364. The van der Waals surface area contributed by atoms with E-state index in [-0.39, 0.29) is 0 Å². The number of hydrazine groups is 1. The molecule has 3 nitrogen and oxygen atoms in total. The molecule has 0 saturated heterocycles. The van der Waals surface area contributed by atoms with Crippen LogP contribution in [0, 0.1) is 0 Å². The highest BCUT2D eigenvalue weighted by Crippen LogP contribution is 2.15. The minimum atomic E-state index is 0.485. The summed E-state index contributed by atoms with van der Waals surface area (Å²) in [4.78, 5) is 4.45. The summed E-state index contributed by atoms with van der Waals surface area (Å²) in [6.07, 6.45) is 1.20. The highest BCUT2D eigenvalue weighted by molar-refractivity contribution is 8.13. The number of hydrogen-bond acceptors (Lipinski definition) is 4. The van der Waals surface area contributed by atoms with Crippen molar-refractivity contribution in [3.63, 3.8) is 0 Å². The van der Waals surface area contributed by atoms with Crippen molar-refractivity contribution in [3.8, 4) is 0 Å². The first kappa shape index (κ1) is 8.87. The van der Waals surface area contributed by atoms with Gasteiger partial charge >= 0.3 is 0 Å². The van der Waals surface area contributed by atoms with Crippen LogP contribution in [-0.2, 0) is 0 Å². The van der Waals surface area contributed by atoms with Gasteiger partial charge in [0.15, 0.2) is 5.17 Å². The van der Waals surface area contributed by atoms with Crippen LogP contribution in [0.3, 0.4) is 0 Å². The number of rotatable bonds is 1. The Balaban J connectivity index is 2.43. The van der Waals surface area contributed by atoms with Gasteiger partial charge in [0, 0.05) is 19.8 Å². The summed E-state index contributed by atoms with van der Waals surface area (Å²) in [6.45, 7) is 2.15. The summed E-state index contributed by atoms with van der Waals surface area (Å²) in [6, 6.07) is 0.485. The predicted molar refractivity (Wildman–Crippen MR) is 50.8 cm³/mol. The molecular weight excluding hydrogens is 158 g/mol. The van der Waals surface area contributed by atoms with Gasteiger partial charge in [0.2, 0.25) is 0 Å². The Morgan fingerprint density at radius 3 is 2.91 bits per heavy atom. The molecule has 0 spiro atoms. The van der Waals surface area contributed by atoms with E-state index >= 15 is 0 Å². The van der Waals surface area contributed by atoms with Crippen LogP contribution in [0.2, 0.25) is 0 Å². The predicted octanol–water partition coefficient (Wildman–Crippen LogP) is 0.934. The Hall–Kier alpha value is -0.220. The van der Waals surface area contributed by atoms with Crippen molar-refractivity contribution in [2.45, 2.75) is 19.4 Å². The molecule has 1 aliphatic heterocycles. The Bertz CT molecular complexity index is 156. The summed E-state index contributed by atoms with van der Waals surface area (Å²) in [5, 5.41) is 2.97. The van der Waals surface area contributed by atoms with Crippen LogP contribution >= 0.6 is 11.8 Å². The molecule has 0 bridgehead atoms. The summed E-state index contributed by atoms with van der Waals surface area (Å²) < 4.78 is 0. The maximum Gasteiger partial charge on any atom is 0.171 e. The minimum Gasteiger partial charge on any atom is -0.298 e. The molecule has 1 aliphatic rings. The molecular formula is C7H15N3S. The van der Waals surface area contributed by atoms with Crippen LogP contribution in [-0.4, -0.2) is 36.1 Å². The summed E-state index contributed by atoms with van der Waals surface area (Å²) >= 11 is 1.79. The molecule has 0 radical (unpaired) electrons. The summed E-state index contributed by atoms with van der Waals surface area (Å²) in [5.74, 6) is 1.18. The molecule has 0 amide bonds. The van der Waals surface area contributed by atoms with Gasteiger partial charge in [-0.25, -0.2) is 5.01 Å². The lowest BCUT2D eigenvalue weighted by atomic mass is 10.3. The number of thioether (sulfide) groups is 1. The molecule has 1 atom stereocenters. The van der Waals surface area contributed by atoms with E-state index in [9.17, 15) is 0 Å². The molecule has 0 aromatic carbocycles. The molecule has 0 aromatic rings. The van der Waals surface area contributed by atoms with Crippen molar-refractivity contribution in [2.75, 3.05) is 19.8 Å². The largest absolute Gasteiger partial charge is 0.298 e. The maximum absolute atomic E-state index is 4.45. The number of amidine groups is 1. The second-order valence-corrected chi connectivity index (χ2v) is 4.01. The Morgan fingerprint density at radius 2 is 2.36 bits per heavy atom. The minimum absolute atomic E-state index is 0.485. The van der Waals surface area contributed by atoms with Gasteiger partial charge < -0.3 is 0 Å². The molecule has 11 heavy (non-hydrogen) atoms. The van der Waals surface area contributed by atoms with Crippen LogP contribution < -0.4 is 5.43 Å². The fourth-order valence-electron chi connectivity index (χ4n) is 0.881. The zero-order valence-electron chi connectivity index (χ0n) is 7.29. The molecule has 1 rings (SSSR count). The van der Waals surface area contributed by atoms with Gasteiger partial charge in [0.1, 0.15) is 0 Å². The summed E-state index contributed by atoms with van der Waals surface area (Å²) in [5.41, 5.74) is 3.16. The summed E-state index contributed by atoms with van der Waals surface area (Å²) in [7, 11) is 3.95. The maximum atomic E-state index is 4.45. The highest BCUT2D eigenvalue weighted by atomic mass is 32.2. The van der Waals surface area contributed by atoms with Gasteiger partial charge in [-0.3, -0.25) is 10.4 Å². The zero-order chi connectivity index (χ0) is 8.27. The second-order valence-electron chi connectivity index (χ2n) is 2.93. The first-order chi connectivity index (χ1) is 5.18. The monoisotopic (exact) mass is 173 g/mol. The molecule has 1 N–H and O–H groups in total. The average Bonchev–Trinajstić information content (AvgIpc) is 1.85. The van der Waals surface area contributed by atoms with Gasteiger partial charge in [0.05, 0.1) is 6.04 Å². The smallest absolute Gasteiger partial charge is 0.171 e. The molecule has 1 heterocycles. The molecule has 0 fully saturated rings. The van der Waals surface area contributed by atoms with Crippen molar-refractivity contribution in [2.24, 2.45) is 4.99 Å². The van der Waals surface area contributed by atoms with E-state index < -0.39 is 0 Å².